The van der Waals surface area contributed by atoms with Gasteiger partial charge in [0.05, 0.1) is 13.2 Å². The molecule has 0 heterocycles. The summed E-state index contributed by atoms with van der Waals surface area (Å²) in [5.41, 5.74) is 2.23. The lowest BCUT2D eigenvalue weighted by molar-refractivity contribution is -0.124. The van der Waals surface area contributed by atoms with E-state index in [-0.39, 0.29) is 18.6 Å². The van der Waals surface area contributed by atoms with E-state index in [1.165, 1.54) is 0 Å². The summed E-state index contributed by atoms with van der Waals surface area (Å²) in [6, 6.07) is 15.8. The maximum Gasteiger partial charge on any atom is 0.258 e. The minimum absolute atomic E-state index is 0.0381. The third-order valence-electron chi connectivity index (χ3n) is 4.60. The summed E-state index contributed by atoms with van der Waals surface area (Å²) in [6.45, 7) is 2.12. The molecule has 132 valence electrons. The van der Waals surface area contributed by atoms with Crippen LogP contribution in [0.5, 0.6) is 11.5 Å². The van der Waals surface area contributed by atoms with E-state index in [1.54, 1.807) is 7.11 Å². The van der Waals surface area contributed by atoms with Crippen molar-refractivity contribution >= 4 is 5.91 Å². The molecule has 1 aliphatic rings. The number of hydrogen-bond donors (Lipinski definition) is 1. The monoisotopic (exact) mass is 339 g/mol. The summed E-state index contributed by atoms with van der Waals surface area (Å²) >= 11 is 0. The van der Waals surface area contributed by atoms with Crippen molar-refractivity contribution in [3.05, 3.63) is 59.7 Å². The minimum Gasteiger partial charge on any atom is -0.497 e. The number of methoxy groups -OCH3 is 1. The summed E-state index contributed by atoms with van der Waals surface area (Å²) < 4.78 is 10.9. The number of rotatable bonds is 8. The van der Waals surface area contributed by atoms with E-state index in [2.05, 4.69) is 12.2 Å². The van der Waals surface area contributed by atoms with Crippen molar-refractivity contribution in [1.29, 1.82) is 0 Å². The molecule has 0 radical (unpaired) electrons. The van der Waals surface area contributed by atoms with Crippen LogP contribution in [0, 0.1) is 5.92 Å². The Morgan fingerprint density at radius 3 is 2.52 bits per heavy atom. The number of nitrogens with one attached hydrogen (secondary N) is 1. The predicted octanol–water partition coefficient (Wildman–Crippen LogP) is 3.90. The van der Waals surface area contributed by atoms with Crippen molar-refractivity contribution in [2.75, 3.05) is 13.7 Å². The van der Waals surface area contributed by atoms with Crippen LogP contribution in [0.1, 0.15) is 36.9 Å². The standard InChI is InChI=1S/C21H25NO3/c1-3-15-6-4-5-7-19(15)25-14-20(23)22-21(16-8-9-16)17-10-12-18(24-2)13-11-17/h4-7,10-13,16,21H,3,8-9,14H2,1-2H3,(H,22,23). The fourth-order valence-electron chi connectivity index (χ4n) is 3.01. The molecule has 1 saturated carbocycles. The zero-order valence-corrected chi connectivity index (χ0v) is 14.8. The van der Waals surface area contributed by atoms with Crippen molar-refractivity contribution in [3.63, 3.8) is 0 Å². The lowest BCUT2D eigenvalue weighted by Crippen LogP contribution is -2.33. The van der Waals surface area contributed by atoms with Gasteiger partial charge in [0, 0.05) is 0 Å². The number of aryl methyl sites for hydroxylation is 1. The van der Waals surface area contributed by atoms with Gasteiger partial charge in [-0.1, -0.05) is 37.3 Å². The lowest BCUT2D eigenvalue weighted by atomic mass is 10.0. The molecule has 0 bridgehead atoms. The molecule has 1 amide bonds. The first kappa shape index (κ1) is 17.3. The fraction of sp³-hybridized carbons (Fsp3) is 0.381. The van der Waals surface area contributed by atoms with Gasteiger partial charge in [-0.25, -0.2) is 0 Å². The van der Waals surface area contributed by atoms with Crippen molar-refractivity contribution in [2.24, 2.45) is 5.92 Å². The lowest BCUT2D eigenvalue weighted by Gasteiger charge is -2.19. The molecule has 0 spiro atoms. The summed E-state index contributed by atoms with van der Waals surface area (Å²) in [6.07, 6.45) is 3.18. The minimum atomic E-state index is -0.0846. The Kier molecular flexibility index (Phi) is 5.59. The van der Waals surface area contributed by atoms with Crippen LogP contribution in [-0.4, -0.2) is 19.6 Å². The molecule has 1 fully saturated rings. The summed E-state index contributed by atoms with van der Waals surface area (Å²) in [4.78, 5) is 12.4. The van der Waals surface area contributed by atoms with Crippen LogP contribution < -0.4 is 14.8 Å². The number of benzene rings is 2. The van der Waals surface area contributed by atoms with Gasteiger partial charge in [-0.15, -0.1) is 0 Å². The number of amides is 1. The zero-order chi connectivity index (χ0) is 17.6. The van der Waals surface area contributed by atoms with Crippen LogP contribution in [0.4, 0.5) is 0 Å². The molecule has 1 aliphatic carbocycles. The first-order valence-electron chi connectivity index (χ1n) is 8.85. The summed E-state index contributed by atoms with van der Waals surface area (Å²) in [5, 5.41) is 3.14. The zero-order valence-electron chi connectivity index (χ0n) is 14.8. The van der Waals surface area contributed by atoms with Gasteiger partial charge in [0.25, 0.3) is 5.91 Å². The molecule has 0 aliphatic heterocycles. The Morgan fingerprint density at radius 2 is 1.88 bits per heavy atom. The first-order chi connectivity index (χ1) is 12.2. The molecule has 25 heavy (non-hydrogen) atoms. The molecule has 2 aromatic rings. The van der Waals surface area contributed by atoms with Crippen LogP contribution in [-0.2, 0) is 11.2 Å². The van der Waals surface area contributed by atoms with Crippen LogP contribution in [0.25, 0.3) is 0 Å². The average Bonchev–Trinajstić information content (AvgIpc) is 3.50. The number of ether oxygens (including phenoxy) is 2. The van der Waals surface area contributed by atoms with Crippen LogP contribution in [0.15, 0.2) is 48.5 Å². The van der Waals surface area contributed by atoms with Gasteiger partial charge in [-0.2, -0.15) is 0 Å². The van der Waals surface area contributed by atoms with Crippen molar-refractivity contribution < 1.29 is 14.3 Å². The second-order valence-corrected chi connectivity index (χ2v) is 6.41. The number of hydrogen-bond acceptors (Lipinski definition) is 3. The highest BCUT2D eigenvalue weighted by molar-refractivity contribution is 5.78. The smallest absolute Gasteiger partial charge is 0.258 e. The quantitative estimate of drug-likeness (QED) is 0.793. The van der Waals surface area contributed by atoms with Gasteiger partial charge in [0.15, 0.2) is 6.61 Å². The second-order valence-electron chi connectivity index (χ2n) is 6.41. The second kappa shape index (κ2) is 8.06. The molecule has 2 aromatic carbocycles. The molecule has 1 unspecified atom stereocenters. The van der Waals surface area contributed by atoms with Gasteiger partial charge in [-0.3, -0.25) is 4.79 Å². The van der Waals surface area contributed by atoms with E-state index in [9.17, 15) is 4.79 Å². The first-order valence-corrected chi connectivity index (χ1v) is 8.85. The maximum atomic E-state index is 12.4. The molecule has 3 rings (SSSR count). The Bertz CT molecular complexity index is 707. The van der Waals surface area contributed by atoms with Gasteiger partial charge in [0.2, 0.25) is 0 Å². The van der Waals surface area contributed by atoms with Crippen LogP contribution >= 0.6 is 0 Å². The van der Waals surface area contributed by atoms with Gasteiger partial charge in [-0.05, 0) is 54.5 Å². The normalized spacial score (nSPS) is 14.6. The Morgan fingerprint density at radius 1 is 1.16 bits per heavy atom. The highest BCUT2D eigenvalue weighted by Gasteiger charge is 2.33. The van der Waals surface area contributed by atoms with Crippen LogP contribution in [0.3, 0.4) is 0 Å². The summed E-state index contributed by atoms with van der Waals surface area (Å²) in [5.74, 6) is 2.04. The SMILES string of the molecule is CCc1ccccc1OCC(=O)NC(c1ccc(OC)cc1)C1CC1. The largest absolute Gasteiger partial charge is 0.497 e. The number of carbonyl (C=O) groups is 1. The topological polar surface area (TPSA) is 47.6 Å². The molecule has 0 saturated heterocycles. The Hall–Kier alpha value is -2.49. The predicted molar refractivity (Wildman–Crippen MR) is 97.9 cm³/mol. The Labute approximate surface area is 149 Å². The highest BCUT2D eigenvalue weighted by Crippen LogP contribution is 2.41. The molecular formula is C21H25NO3. The highest BCUT2D eigenvalue weighted by atomic mass is 16.5. The van der Waals surface area contributed by atoms with E-state index < -0.39 is 0 Å². The van der Waals surface area contributed by atoms with Gasteiger partial charge >= 0.3 is 0 Å². The van der Waals surface area contributed by atoms with Gasteiger partial charge < -0.3 is 14.8 Å². The van der Waals surface area contributed by atoms with E-state index >= 15 is 0 Å². The van der Waals surface area contributed by atoms with Crippen LogP contribution in [0.2, 0.25) is 0 Å². The van der Waals surface area contributed by atoms with Crippen molar-refractivity contribution in [1.82, 2.24) is 5.32 Å². The third-order valence-corrected chi connectivity index (χ3v) is 4.60. The van der Waals surface area contributed by atoms with E-state index in [0.29, 0.717) is 5.92 Å². The fourth-order valence-corrected chi connectivity index (χ4v) is 3.01. The third kappa shape index (κ3) is 4.53. The van der Waals surface area contributed by atoms with Crippen molar-refractivity contribution in [2.45, 2.75) is 32.2 Å². The molecule has 1 atom stereocenters. The average molecular weight is 339 g/mol. The number of para-hydroxylation sites is 1. The van der Waals surface area contributed by atoms with E-state index in [1.807, 2.05) is 48.5 Å². The number of carbonyl (C=O) groups excluding carboxylic acids is 1. The van der Waals surface area contributed by atoms with Gasteiger partial charge in [0.1, 0.15) is 11.5 Å². The Balaban J connectivity index is 1.61. The molecule has 4 heteroatoms. The van der Waals surface area contributed by atoms with E-state index in [4.69, 9.17) is 9.47 Å². The molecular weight excluding hydrogens is 314 g/mol. The molecule has 1 N–H and O–H groups in total. The maximum absolute atomic E-state index is 12.4. The van der Waals surface area contributed by atoms with Crippen molar-refractivity contribution in [3.8, 4) is 11.5 Å². The molecule has 0 aromatic heterocycles. The molecule has 4 nitrogen and oxygen atoms in total. The van der Waals surface area contributed by atoms with E-state index in [0.717, 1.165) is 41.9 Å². The summed E-state index contributed by atoms with van der Waals surface area (Å²) in [7, 11) is 1.65.